The minimum Gasteiger partial charge on any atom is -0.389 e. The number of fused-ring (bicyclic) bond motifs is 1. The zero-order chi connectivity index (χ0) is 14.6. The monoisotopic (exact) mass is 297 g/mol. The summed E-state index contributed by atoms with van der Waals surface area (Å²) in [5.74, 6) is 0.573. The average Bonchev–Trinajstić information content (AvgIpc) is 2.85. The number of rotatable bonds is 7. The molecule has 7 heteroatoms. The van der Waals surface area contributed by atoms with Crippen LogP contribution in [0.2, 0.25) is 0 Å². The maximum atomic E-state index is 11.8. The summed E-state index contributed by atoms with van der Waals surface area (Å²) < 4.78 is 5.59. The van der Waals surface area contributed by atoms with Gasteiger partial charge in [0, 0.05) is 26.7 Å². The van der Waals surface area contributed by atoms with Crippen molar-refractivity contribution in [2.75, 3.05) is 20.3 Å². The largest absolute Gasteiger partial charge is 0.389 e. The van der Waals surface area contributed by atoms with Crippen molar-refractivity contribution in [1.29, 1.82) is 0 Å². The summed E-state index contributed by atoms with van der Waals surface area (Å²) in [5.41, 5.74) is -0.252. The Kier molecular flexibility index (Phi) is 4.87. The zero-order valence-electron chi connectivity index (χ0n) is 11.6. The fourth-order valence-corrected chi connectivity index (χ4v) is 2.59. The van der Waals surface area contributed by atoms with E-state index in [-0.39, 0.29) is 5.56 Å². The molecule has 0 spiro atoms. The molecular formula is C13H19N3O3S. The highest BCUT2D eigenvalue weighted by Crippen LogP contribution is 2.13. The first kappa shape index (κ1) is 15.1. The lowest BCUT2D eigenvalue weighted by atomic mass is 10.0. The van der Waals surface area contributed by atoms with Crippen LogP contribution >= 0.6 is 11.3 Å². The summed E-state index contributed by atoms with van der Waals surface area (Å²) in [4.78, 5) is 18.9. The molecule has 0 aliphatic rings. The summed E-state index contributed by atoms with van der Waals surface area (Å²) in [6, 6.07) is 1.83. The molecule has 0 aliphatic carbocycles. The zero-order valence-corrected chi connectivity index (χ0v) is 12.4. The lowest BCUT2D eigenvalue weighted by Gasteiger charge is -2.23. The molecule has 0 amide bonds. The normalized spacial score (nSPS) is 14.6. The van der Waals surface area contributed by atoms with E-state index in [1.807, 2.05) is 11.4 Å². The van der Waals surface area contributed by atoms with E-state index in [4.69, 9.17) is 4.74 Å². The second-order valence-electron chi connectivity index (χ2n) is 4.99. The van der Waals surface area contributed by atoms with Gasteiger partial charge in [0.1, 0.15) is 10.5 Å². The van der Waals surface area contributed by atoms with Gasteiger partial charge in [0.15, 0.2) is 0 Å². The third-order valence-electron chi connectivity index (χ3n) is 3.01. The summed E-state index contributed by atoms with van der Waals surface area (Å²) in [5, 5.41) is 15.0. The minimum absolute atomic E-state index is 0.118. The van der Waals surface area contributed by atoms with E-state index < -0.39 is 5.60 Å². The van der Waals surface area contributed by atoms with Crippen LogP contribution in [0.5, 0.6) is 0 Å². The molecule has 110 valence electrons. The van der Waals surface area contributed by atoms with Crippen molar-refractivity contribution in [2.24, 2.45) is 0 Å². The highest BCUT2D eigenvalue weighted by Gasteiger charge is 2.19. The predicted octanol–water partition coefficient (Wildman–Crippen LogP) is 0.862. The first-order valence-electron chi connectivity index (χ1n) is 6.40. The summed E-state index contributed by atoms with van der Waals surface area (Å²) in [6.45, 7) is 3.06. The Morgan fingerprint density at radius 2 is 2.40 bits per heavy atom. The second kappa shape index (κ2) is 6.45. The first-order chi connectivity index (χ1) is 9.52. The van der Waals surface area contributed by atoms with Gasteiger partial charge in [0.05, 0.1) is 17.7 Å². The van der Waals surface area contributed by atoms with E-state index in [1.54, 1.807) is 14.0 Å². The highest BCUT2D eigenvalue weighted by molar-refractivity contribution is 7.17. The van der Waals surface area contributed by atoms with E-state index >= 15 is 0 Å². The van der Waals surface area contributed by atoms with Gasteiger partial charge in [-0.05, 0) is 18.4 Å². The van der Waals surface area contributed by atoms with Crippen LogP contribution in [0.1, 0.15) is 19.2 Å². The van der Waals surface area contributed by atoms with Gasteiger partial charge in [-0.1, -0.05) is 0 Å². The van der Waals surface area contributed by atoms with Crippen molar-refractivity contribution in [3.8, 4) is 0 Å². The molecule has 3 N–H and O–H groups in total. The third-order valence-corrected chi connectivity index (χ3v) is 3.91. The van der Waals surface area contributed by atoms with Gasteiger partial charge in [-0.3, -0.25) is 4.79 Å². The molecule has 6 nitrogen and oxygen atoms in total. The topological polar surface area (TPSA) is 87.2 Å². The van der Waals surface area contributed by atoms with Crippen molar-refractivity contribution in [1.82, 2.24) is 15.3 Å². The Labute approximate surface area is 120 Å². The fraction of sp³-hybridized carbons (Fsp3) is 0.538. The van der Waals surface area contributed by atoms with Crippen LogP contribution in [0.4, 0.5) is 0 Å². The minimum atomic E-state index is -0.844. The van der Waals surface area contributed by atoms with Crippen LogP contribution < -0.4 is 10.9 Å². The summed E-state index contributed by atoms with van der Waals surface area (Å²) in [7, 11) is 1.61. The molecule has 2 aromatic heterocycles. The Morgan fingerprint density at radius 1 is 1.60 bits per heavy atom. The molecule has 1 unspecified atom stereocenters. The van der Waals surface area contributed by atoms with Crippen molar-refractivity contribution in [3.05, 3.63) is 27.6 Å². The molecule has 2 aromatic rings. The van der Waals surface area contributed by atoms with Gasteiger partial charge in [0.25, 0.3) is 5.56 Å². The second-order valence-corrected chi connectivity index (χ2v) is 5.91. The van der Waals surface area contributed by atoms with Crippen molar-refractivity contribution in [3.63, 3.8) is 0 Å². The van der Waals surface area contributed by atoms with Crippen molar-refractivity contribution in [2.45, 2.75) is 25.5 Å². The number of aromatic amines is 1. The SMILES string of the molecule is COCCC(C)(O)CNCc1nc2ccsc2c(=O)[nH]1. The van der Waals surface area contributed by atoms with Crippen LogP contribution in [-0.4, -0.2) is 40.9 Å². The number of nitrogens with zero attached hydrogens (tertiary/aromatic N) is 1. The number of aliphatic hydroxyl groups is 1. The molecule has 0 fully saturated rings. The van der Waals surface area contributed by atoms with Crippen LogP contribution in [-0.2, 0) is 11.3 Å². The Morgan fingerprint density at radius 3 is 3.15 bits per heavy atom. The Bertz CT molecular complexity index is 621. The van der Waals surface area contributed by atoms with Crippen molar-refractivity contribution >= 4 is 21.6 Å². The predicted molar refractivity (Wildman–Crippen MR) is 79.1 cm³/mol. The Hall–Kier alpha value is -1.28. The lowest BCUT2D eigenvalue weighted by Crippen LogP contribution is -2.38. The van der Waals surface area contributed by atoms with E-state index in [0.717, 1.165) is 0 Å². The van der Waals surface area contributed by atoms with Gasteiger partial charge in [0.2, 0.25) is 0 Å². The molecule has 20 heavy (non-hydrogen) atoms. The molecule has 0 saturated heterocycles. The molecule has 0 radical (unpaired) electrons. The molecule has 0 aromatic carbocycles. The van der Waals surface area contributed by atoms with E-state index in [9.17, 15) is 9.90 Å². The molecule has 2 rings (SSSR count). The molecule has 1 atom stereocenters. The van der Waals surface area contributed by atoms with Crippen molar-refractivity contribution < 1.29 is 9.84 Å². The number of aromatic nitrogens is 2. The smallest absolute Gasteiger partial charge is 0.268 e. The van der Waals surface area contributed by atoms with Gasteiger partial charge in [-0.2, -0.15) is 0 Å². The maximum absolute atomic E-state index is 11.8. The average molecular weight is 297 g/mol. The number of methoxy groups -OCH3 is 1. The fourth-order valence-electron chi connectivity index (χ4n) is 1.87. The standard InChI is InChI=1S/C13H19N3O3S/c1-13(18,4-5-19-2)8-14-7-10-15-9-3-6-20-11(9)12(17)16-10/h3,6,14,18H,4-5,7-8H2,1-2H3,(H,15,16,17). The number of thiophene rings is 1. The van der Waals surface area contributed by atoms with Gasteiger partial charge >= 0.3 is 0 Å². The highest BCUT2D eigenvalue weighted by atomic mass is 32.1. The van der Waals surface area contributed by atoms with Crippen LogP contribution in [0, 0.1) is 0 Å². The molecule has 0 bridgehead atoms. The number of ether oxygens (including phenoxy) is 1. The molecular weight excluding hydrogens is 278 g/mol. The third kappa shape index (κ3) is 3.86. The summed E-state index contributed by atoms with van der Waals surface area (Å²) >= 11 is 1.38. The Balaban J connectivity index is 1.94. The van der Waals surface area contributed by atoms with Crippen LogP contribution in [0.3, 0.4) is 0 Å². The number of H-pyrrole nitrogens is 1. The number of hydrogen-bond donors (Lipinski definition) is 3. The molecule has 0 aliphatic heterocycles. The van der Waals surface area contributed by atoms with Gasteiger partial charge < -0.3 is 20.1 Å². The molecule has 2 heterocycles. The maximum Gasteiger partial charge on any atom is 0.268 e. The number of hydrogen-bond acceptors (Lipinski definition) is 6. The van der Waals surface area contributed by atoms with E-state index in [1.165, 1.54) is 11.3 Å². The van der Waals surface area contributed by atoms with Crippen LogP contribution in [0.25, 0.3) is 10.2 Å². The quantitative estimate of drug-likeness (QED) is 0.705. The van der Waals surface area contributed by atoms with Gasteiger partial charge in [-0.25, -0.2) is 4.98 Å². The first-order valence-corrected chi connectivity index (χ1v) is 7.28. The van der Waals surface area contributed by atoms with Crippen LogP contribution in [0.15, 0.2) is 16.2 Å². The van der Waals surface area contributed by atoms with E-state index in [0.29, 0.717) is 42.2 Å². The van der Waals surface area contributed by atoms with Gasteiger partial charge in [-0.15, -0.1) is 11.3 Å². The lowest BCUT2D eigenvalue weighted by molar-refractivity contribution is 0.0246. The molecule has 0 saturated carbocycles. The van der Waals surface area contributed by atoms with E-state index in [2.05, 4.69) is 15.3 Å². The summed E-state index contributed by atoms with van der Waals surface area (Å²) in [6.07, 6.45) is 0.546. The number of nitrogens with one attached hydrogen (secondary N) is 2.